The van der Waals surface area contributed by atoms with Crippen LogP contribution in [-0.4, -0.2) is 61.2 Å². The van der Waals surface area contributed by atoms with E-state index < -0.39 is 15.9 Å². The number of aromatic nitrogens is 2. The lowest BCUT2D eigenvalue weighted by Gasteiger charge is -2.34. The molecule has 0 spiro atoms. The Hall–Kier alpha value is -3.28. The number of carbonyl (C=O) groups excluding carboxylic acids is 1. The second-order valence-corrected chi connectivity index (χ2v) is 10.0. The minimum atomic E-state index is -3.69. The summed E-state index contributed by atoms with van der Waals surface area (Å²) in [4.78, 5) is 12.7. The number of benzene rings is 2. The SMILES string of the molecule is COc1ccc(Cc2nnc(NC(=O)c3ccc(S(=O)(=O)N4CC(C)OC(C)C4)cc3)o2)cc1. The van der Waals surface area contributed by atoms with Crippen molar-refractivity contribution in [3.8, 4) is 5.75 Å². The van der Waals surface area contributed by atoms with Crippen LogP contribution in [0, 0.1) is 0 Å². The molecule has 10 nitrogen and oxygen atoms in total. The van der Waals surface area contributed by atoms with Crippen LogP contribution in [0.4, 0.5) is 6.01 Å². The van der Waals surface area contributed by atoms with Crippen LogP contribution in [0.3, 0.4) is 0 Å². The Morgan fingerprint density at radius 1 is 1.06 bits per heavy atom. The van der Waals surface area contributed by atoms with Gasteiger partial charge in [-0.25, -0.2) is 8.42 Å². The third kappa shape index (κ3) is 5.44. The Balaban J connectivity index is 1.39. The highest BCUT2D eigenvalue weighted by molar-refractivity contribution is 7.89. The Bertz CT molecular complexity index is 1230. The summed E-state index contributed by atoms with van der Waals surface area (Å²) in [5.41, 5.74) is 1.21. The summed E-state index contributed by atoms with van der Waals surface area (Å²) in [7, 11) is -2.09. The van der Waals surface area contributed by atoms with Crippen molar-refractivity contribution in [3.63, 3.8) is 0 Å². The van der Waals surface area contributed by atoms with Crippen molar-refractivity contribution in [1.29, 1.82) is 0 Å². The molecular weight excluding hydrogens is 460 g/mol. The number of sulfonamides is 1. The Kier molecular flexibility index (Phi) is 6.96. The molecule has 2 aromatic carbocycles. The summed E-state index contributed by atoms with van der Waals surface area (Å²) in [5, 5.41) is 10.3. The molecule has 34 heavy (non-hydrogen) atoms. The third-order valence-corrected chi connectivity index (χ3v) is 7.19. The van der Waals surface area contributed by atoms with Crippen molar-refractivity contribution < 1.29 is 27.1 Å². The van der Waals surface area contributed by atoms with Gasteiger partial charge in [0, 0.05) is 18.7 Å². The van der Waals surface area contributed by atoms with E-state index in [4.69, 9.17) is 13.9 Å². The highest BCUT2D eigenvalue weighted by Gasteiger charge is 2.32. The maximum atomic E-state index is 13.0. The molecule has 0 bridgehead atoms. The first kappa shape index (κ1) is 23.9. The van der Waals surface area contributed by atoms with Gasteiger partial charge in [-0.05, 0) is 55.8 Å². The van der Waals surface area contributed by atoms with Gasteiger partial charge in [-0.3, -0.25) is 10.1 Å². The number of hydrogen-bond acceptors (Lipinski definition) is 8. The number of carbonyl (C=O) groups is 1. The van der Waals surface area contributed by atoms with E-state index in [-0.39, 0.29) is 41.8 Å². The topological polar surface area (TPSA) is 124 Å². The molecule has 0 radical (unpaired) electrons. The molecule has 4 rings (SSSR count). The molecule has 1 saturated heterocycles. The largest absolute Gasteiger partial charge is 0.497 e. The predicted octanol–water partition coefficient (Wildman–Crippen LogP) is 2.72. The van der Waals surface area contributed by atoms with Crippen molar-refractivity contribution in [1.82, 2.24) is 14.5 Å². The molecular formula is C23H26N4O6S. The number of anilines is 1. The van der Waals surface area contributed by atoms with Gasteiger partial charge in [-0.1, -0.05) is 17.2 Å². The van der Waals surface area contributed by atoms with E-state index >= 15 is 0 Å². The lowest BCUT2D eigenvalue weighted by molar-refractivity contribution is -0.0440. The van der Waals surface area contributed by atoms with E-state index in [2.05, 4.69) is 15.5 Å². The van der Waals surface area contributed by atoms with Crippen LogP contribution in [0.25, 0.3) is 0 Å². The zero-order valence-electron chi connectivity index (χ0n) is 19.1. The van der Waals surface area contributed by atoms with Gasteiger partial charge >= 0.3 is 6.01 Å². The average molecular weight is 487 g/mol. The second-order valence-electron chi connectivity index (χ2n) is 8.08. The number of ether oxygens (including phenoxy) is 2. The zero-order chi connectivity index (χ0) is 24.3. The van der Waals surface area contributed by atoms with Crippen LogP contribution < -0.4 is 10.1 Å². The maximum Gasteiger partial charge on any atom is 0.322 e. The number of rotatable bonds is 7. The molecule has 180 valence electrons. The molecule has 1 aromatic heterocycles. The van der Waals surface area contributed by atoms with Crippen molar-refractivity contribution in [2.75, 3.05) is 25.5 Å². The molecule has 11 heteroatoms. The molecule has 1 N–H and O–H groups in total. The van der Waals surface area contributed by atoms with E-state index in [1.54, 1.807) is 7.11 Å². The normalized spacial score (nSPS) is 19.0. The summed E-state index contributed by atoms with van der Waals surface area (Å²) >= 11 is 0. The summed E-state index contributed by atoms with van der Waals surface area (Å²) < 4.78 is 43.6. The first-order valence-electron chi connectivity index (χ1n) is 10.8. The van der Waals surface area contributed by atoms with Gasteiger partial charge in [0.1, 0.15) is 5.75 Å². The van der Waals surface area contributed by atoms with Crippen molar-refractivity contribution in [3.05, 3.63) is 65.5 Å². The number of nitrogens with zero attached hydrogens (tertiary/aromatic N) is 3. The fraction of sp³-hybridized carbons (Fsp3) is 0.348. The number of amides is 1. The molecule has 1 aliphatic heterocycles. The fourth-order valence-electron chi connectivity index (χ4n) is 3.72. The smallest absolute Gasteiger partial charge is 0.322 e. The molecule has 2 heterocycles. The molecule has 1 amide bonds. The highest BCUT2D eigenvalue weighted by atomic mass is 32.2. The zero-order valence-corrected chi connectivity index (χ0v) is 19.9. The second kappa shape index (κ2) is 9.92. The Labute approximate surface area is 197 Å². The van der Waals surface area contributed by atoms with Gasteiger partial charge in [0.15, 0.2) is 0 Å². The van der Waals surface area contributed by atoms with Gasteiger partial charge in [-0.2, -0.15) is 4.31 Å². The lowest BCUT2D eigenvalue weighted by atomic mass is 10.1. The van der Waals surface area contributed by atoms with E-state index in [1.807, 2.05) is 38.1 Å². The van der Waals surface area contributed by atoms with Crippen LogP contribution >= 0.6 is 0 Å². The standard InChI is InChI=1S/C23H26N4O6S/c1-15-13-27(14-16(2)32-15)34(29,30)20-10-6-18(7-11-20)22(28)24-23-26-25-21(33-23)12-17-4-8-19(31-3)9-5-17/h4-11,15-16H,12-14H2,1-3H3,(H,24,26,28). The molecule has 1 fully saturated rings. The van der Waals surface area contributed by atoms with E-state index in [0.717, 1.165) is 11.3 Å². The van der Waals surface area contributed by atoms with Gasteiger partial charge in [0.05, 0.1) is 30.6 Å². The highest BCUT2D eigenvalue weighted by Crippen LogP contribution is 2.22. The third-order valence-electron chi connectivity index (χ3n) is 5.34. The number of methoxy groups -OCH3 is 1. The molecule has 0 saturated carbocycles. The average Bonchev–Trinajstić information content (AvgIpc) is 3.25. The summed E-state index contributed by atoms with van der Waals surface area (Å²) in [6.45, 7) is 4.24. The molecule has 3 aromatic rings. The number of nitrogens with one attached hydrogen (secondary N) is 1. The Morgan fingerprint density at radius 2 is 1.71 bits per heavy atom. The minimum Gasteiger partial charge on any atom is -0.497 e. The van der Waals surface area contributed by atoms with Gasteiger partial charge in [0.2, 0.25) is 15.9 Å². The monoisotopic (exact) mass is 486 g/mol. The summed E-state index contributed by atoms with van der Waals surface area (Å²) in [6.07, 6.45) is 0.0262. The first-order chi connectivity index (χ1) is 16.2. The van der Waals surface area contributed by atoms with Gasteiger partial charge < -0.3 is 13.9 Å². The van der Waals surface area contributed by atoms with Crippen molar-refractivity contribution >= 4 is 21.9 Å². The number of hydrogen-bond donors (Lipinski definition) is 1. The first-order valence-corrected chi connectivity index (χ1v) is 12.2. The van der Waals surface area contributed by atoms with Crippen LogP contribution in [0.5, 0.6) is 5.75 Å². The predicted molar refractivity (Wildman–Crippen MR) is 123 cm³/mol. The summed E-state index contributed by atoms with van der Waals surface area (Å²) in [6, 6.07) is 13.1. The summed E-state index contributed by atoms with van der Waals surface area (Å²) in [5.74, 6) is 0.600. The van der Waals surface area contributed by atoms with E-state index in [1.165, 1.54) is 28.6 Å². The molecule has 1 aliphatic rings. The minimum absolute atomic E-state index is 0.0403. The van der Waals surface area contributed by atoms with E-state index in [0.29, 0.717) is 12.3 Å². The van der Waals surface area contributed by atoms with Gasteiger partial charge in [-0.15, -0.1) is 5.10 Å². The van der Waals surface area contributed by atoms with Crippen LogP contribution in [0.2, 0.25) is 0 Å². The molecule has 2 atom stereocenters. The molecule has 0 aliphatic carbocycles. The molecule has 2 unspecified atom stereocenters. The maximum absolute atomic E-state index is 13.0. The lowest BCUT2D eigenvalue weighted by Crippen LogP contribution is -2.48. The van der Waals surface area contributed by atoms with Crippen molar-refractivity contribution in [2.24, 2.45) is 0 Å². The number of morpholine rings is 1. The quantitative estimate of drug-likeness (QED) is 0.541. The van der Waals surface area contributed by atoms with Crippen LogP contribution in [0.15, 0.2) is 57.8 Å². The van der Waals surface area contributed by atoms with Crippen LogP contribution in [-0.2, 0) is 21.2 Å². The van der Waals surface area contributed by atoms with E-state index in [9.17, 15) is 13.2 Å². The Morgan fingerprint density at radius 3 is 2.32 bits per heavy atom. The fourth-order valence-corrected chi connectivity index (χ4v) is 5.31. The van der Waals surface area contributed by atoms with Crippen LogP contribution in [0.1, 0.15) is 35.7 Å². The van der Waals surface area contributed by atoms with Gasteiger partial charge in [0.25, 0.3) is 5.91 Å². The van der Waals surface area contributed by atoms with Crippen molar-refractivity contribution in [2.45, 2.75) is 37.4 Å².